The number of nitrogens with two attached hydrogens (primary N) is 1. The summed E-state index contributed by atoms with van der Waals surface area (Å²) in [5, 5.41) is 0. The van der Waals surface area contributed by atoms with Crippen LogP contribution >= 0.6 is 0 Å². The average molecular weight is 207 g/mol. The van der Waals surface area contributed by atoms with Crippen LogP contribution in [0.2, 0.25) is 0 Å². The van der Waals surface area contributed by atoms with Gasteiger partial charge in [-0.15, -0.1) is 0 Å². The van der Waals surface area contributed by atoms with E-state index in [1.165, 1.54) is 0 Å². The first-order chi connectivity index (χ1) is 7.29. The molecule has 2 heterocycles. The van der Waals surface area contributed by atoms with E-state index in [1.807, 2.05) is 12.1 Å². The monoisotopic (exact) mass is 207 g/mol. The fourth-order valence-electron chi connectivity index (χ4n) is 1.54. The van der Waals surface area contributed by atoms with E-state index < -0.39 is 0 Å². The van der Waals surface area contributed by atoms with Crippen molar-refractivity contribution in [3.05, 3.63) is 30.1 Å². The van der Waals surface area contributed by atoms with Crippen LogP contribution < -0.4 is 5.73 Å². The Kier molecular flexibility index (Phi) is 2.82. The van der Waals surface area contributed by atoms with Gasteiger partial charge in [0.15, 0.2) is 0 Å². The van der Waals surface area contributed by atoms with Gasteiger partial charge in [-0.2, -0.15) is 0 Å². The summed E-state index contributed by atoms with van der Waals surface area (Å²) in [6.45, 7) is 1.49. The number of aromatic nitrogens is 1. The van der Waals surface area contributed by atoms with Crippen LogP contribution in [0.15, 0.2) is 24.5 Å². The predicted octanol–water partition coefficient (Wildman–Crippen LogP) is 0.361. The smallest absolute Gasteiger partial charge is 0.410 e. The molecule has 1 aliphatic heterocycles. The van der Waals surface area contributed by atoms with E-state index in [-0.39, 0.29) is 12.2 Å². The van der Waals surface area contributed by atoms with Gasteiger partial charge in [0.25, 0.3) is 0 Å². The Labute approximate surface area is 87.8 Å². The van der Waals surface area contributed by atoms with Crippen molar-refractivity contribution in [3.63, 3.8) is 0 Å². The number of rotatable bonds is 3. The Balaban J connectivity index is 1.99. The predicted molar refractivity (Wildman–Crippen MR) is 54.0 cm³/mol. The first kappa shape index (κ1) is 9.92. The van der Waals surface area contributed by atoms with Gasteiger partial charge < -0.3 is 15.4 Å². The number of nitrogens with zero attached hydrogens (tertiary/aromatic N) is 2. The van der Waals surface area contributed by atoms with Crippen molar-refractivity contribution in [2.75, 3.05) is 13.1 Å². The standard InChI is InChI=1S/C10H13N3O2/c11-5-9-7-13(10(14)15-9)6-8-1-3-12-4-2-8/h1-4,9H,5-7,11H2. The molecule has 1 atom stereocenters. The Morgan fingerprint density at radius 2 is 2.27 bits per heavy atom. The van der Waals surface area contributed by atoms with Gasteiger partial charge in [-0.3, -0.25) is 4.98 Å². The fraction of sp³-hybridized carbons (Fsp3) is 0.400. The zero-order chi connectivity index (χ0) is 10.7. The highest BCUT2D eigenvalue weighted by Crippen LogP contribution is 2.13. The van der Waals surface area contributed by atoms with Gasteiger partial charge in [0.05, 0.1) is 6.54 Å². The van der Waals surface area contributed by atoms with Gasteiger partial charge in [-0.05, 0) is 17.7 Å². The maximum Gasteiger partial charge on any atom is 0.410 e. The van der Waals surface area contributed by atoms with Crippen LogP contribution in [-0.4, -0.2) is 35.2 Å². The van der Waals surface area contributed by atoms with Crippen LogP contribution in [0.1, 0.15) is 5.56 Å². The van der Waals surface area contributed by atoms with Crippen molar-refractivity contribution in [3.8, 4) is 0 Å². The van der Waals surface area contributed by atoms with E-state index in [0.717, 1.165) is 5.56 Å². The summed E-state index contributed by atoms with van der Waals surface area (Å²) in [4.78, 5) is 16.9. The summed E-state index contributed by atoms with van der Waals surface area (Å²) in [5.74, 6) is 0. The molecule has 5 heteroatoms. The molecule has 15 heavy (non-hydrogen) atoms. The molecule has 1 saturated heterocycles. The largest absolute Gasteiger partial charge is 0.443 e. The zero-order valence-electron chi connectivity index (χ0n) is 8.30. The Morgan fingerprint density at radius 1 is 1.53 bits per heavy atom. The maximum atomic E-state index is 11.4. The molecule has 1 fully saturated rings. The van der Waals surface area contributed by atoms with Crippen LogP contribution in [-0.2, 0) is 11.3 Å². The van der Waals surface area contributed by atoms with Gasteiger partial charge in [0.2, 0.25) is 0 Å². The lowest BCUT2D eigenvalue weighted by Crippen LogP contribution is -2.27. The molecule has 2 rings (SSSR count). The van der Waals surface area contributed by atoms with Crippen LogP contribution in [0.25, 0.3) is 0 Å². The quantitative estimate of drug-likeness (QED) is 0.777. The Morgan fingerprint density at radius 3 is 2.87 bits per heavy atom. The normalized spacial score (nSPS) is 20.5. The molecule has 1 aromatic rings. The summed E-state index contributed by atoms with van der Waals surface area (Å²) in [7, 11) is 0. The van der Waals surface area contributed by atoms with Crippen LogP contribution in [0.4, 0.5) is 4.79 Å². The lowest BCUT2D eigenvalue weighted by atomic mass is 10.2. The molecule has 0 radical (unpaired) electrons. The first-order valence-electron chi connectivity index (χ1n) is 4.84. The van der Waals surface area contributed by atoms with E-state index in [0.29, 0.717) is 19.6 Å². The molecule has 0 spiro atoms. The van der Waals surface area contributed by atoms with Crippen molar-refractivity contribution >= 4 is 6.09 Å². The Hall–Kier alpha value is -1.62. The molecule has 80 valence electrons. The average Bonchev–Trinajstić information content (AvgIpc) is 2.61. The van der Waals surface area contributed by atoms with Gasteiger partial charge in [0, 0.05) is 25.5 Å². The summed E-state index contributed by atoms with van der Waals surface area (Å²) in [6.07, 6.45) is 2.95. The highest BCUT2D eigenvalue weighted by Gasteiger charge is 2.29. The van der Waals surface area contributed by atoms with Crippen LogP contribution in [0, 0.1) is 0 Å². The summed E-state index contributed by atoms with van der Waals surface area (Å²) in [6, 6.07) is 3.76. The van der Waals surface area contributed by atoms with Gasteiger partial charge in [-0.1, -0.05) is 0 Å². The van der Waals surface area contributed by atoms with E-state index in [2.05, 4.69) is 4.98 Å². The third kappa shape index (κ3) is 2.24. The molecule has 1 amide bonds. The molecule has 0 aromatic carbocycles. The minimum Gasteiger partial charge on any atom is -0.443 e. The van der Waals surface area contributed by atoms with Crippen molar-refractivity contribution in [2.45, 2.75) is 12.6 Å². The molecule has 0 bridgehead atoms. The van der Waals surface area contributed by atoms with Crippen LogP contribution in [0.5, 0.6) is 0 Å². The molecule has 1 unspecified atom stereocenters. The minimum absolute atomic E-state index is 0.167. The maximum absolute atomic E-state index is 11.4. The van der Waals surface area contributed by atoms with E-state index in [1.54, 1.807) is 17.3 Å². The lowest BCUT2D eigenvalue weighted by Gasteiger charge is -2.12. The molecule has 1 aliphatic rings. The molecule has 5 nitrogen and oxygen atoms in total. The third-order valence-corrected chi connectivity index (χ3v) is 2.34. The number of carbonyl (C=O) groups excluding carboxylic acids is 1. The second-order valence-corrected chi connectivity index (χ2v) is 3.48. The number of ether oxygens (including phenoxy) is 1. The van der Waals surface area contributed by atoms with Crippen molar-refractivity contribution in [1.82, 2.24) is 9.88 Å². The second-order valence-electron chi connectivity index (χ2n) is 3.48. The summed E-state index contributed by atoms with van der Waals surface area (Å²) >= 11 is 0. The number of pyridine rings is 1. The third-order valence-electron chi connectivity index (χ3n) is 2.34. The number of amides is 1. The SMILES string of the molecule is NCC1CN(Cc2ccncc2)C(=O)O1. The molecular formula is C10H13N3O2. The van der Waals surface area contributed by atoms with Gasteiger partial charge in [0.1, 0.15) is 6.10 Å². The highest BCUT2D eigenvalue weighted by molar-refractivity contribution is 5.69. The number of carbonyl (C=O) groups is 1. The van der Waals surface area contributed by atoms with Gasteiger partial charge >= 0.3 is 6.09 Å². The molecule has 1 aromatic heterocycles. The minimum atomic E-state index is -0.290. The van der Waals surface area contributed by atoms with E-state index >= 15 is 0 Å². The highest BCUT2D eigenvalue weighted by atomic mass is 16.6. The summed E-state index contributed by atoms with van der Waals surface area (Å²) in [5.41, 5.74) is 6.48. The van der Waals surface area contributed by atoms with Crippen molar-refractivity contribution < 1.29 is 9.53 Å². The number of hydrogen-bond acceptors (Lipinski definition) is 4. The topological polar surface area (TPSA) is 68.5 Å². The number of cyclic esters (lactones) is 1. The lowest BCUT2D eigenvalue weighted by molar-refractivity contribution is 0.134. The zero-order valence-corrected chi connectivity index (χ0v) is 8.30. The molecule has 0 aliphatic carbocycles. The summed E-state index contributed by atoms with van der Waals surface area (Å²) < 4.78 is 5.04. The van der Waals surface area contributed by atoms with Crippen molar-refractivity contribution in [1.29, 1.82) is 0 Å². The van der Waals surface area contributed by atoms with E-state index in [4.69, 9.17) is 10.5 Å². The van der Waals surface area contributed by atoms with Gasteiger partial charge in [-0.25, -0.2) is 4.79 Å². The van der Waals surface area contributed by atoms with Crippen molar-refractivity contribution in [2.24, 2.45) is 5.73 Å². The first-order valence-corrected chi connectivity index (χ1v) is 4.84. The molecule has 2 N–H and O–H groups in total. The molecule has 0 saturated carbocycles. The van der Waals surface area contributed by atoms with E-state index in [9.17, 15) is 4.79 Å². The second kappa shape index (κ2) is 4.27. The Bertz CT molecular complexity index is 342. The number of hydrogen-bond donors (Lipinski definition) is 1. The molecular weight excluding hydrogens is 194 g/mol. The van der Waals surface area contributed by atoms with Crippen LogP contribution in [0.3, 0.4) is 0 Å². The fourth-order valence-corrected chi connectivity index (χ4v) is 1.54.